The van der Waals surface area contributed by atoms with Gasteiger partial charge in [-0.05, 0) is 42.3 Å². The van der Waals surface area contributed by atoms with Crippen molar-refractivity contribution in [2.75, 3.05) is 13.1 Å². The van der Waals surface area contributed by atoms with E-state index >= 15 is 0 Å². The van der Waals surface area contributed by atoms with Crippen LogP contribution in [-0.2, 0) is 10.0 Å². The number of β-amino-alcohol motifs (C(OH)–C–C–N with tert-alkyl or cyclic N) is 1. The lowest BCUT2D eigenvalue weighted by Crippen LogP contribution is -2.46. The molecule has 0 aromatic heterocycles. The molecule has 3 N–H and O–H groups in total. The molecule has 2 aromatic carbocycles. The van der Waals surface area contributed by atoms with Crippen LogP contribution in [0.15, 0.2) is 47.4 Å². The van der Waals surface area contributed by atoms with Gasteiger partial charge in [0.05, 0.1) is 11.0 Å². The predicted octanol–water partition coefficient (Wildman–Crippen LogP) is 1.23. The summed E-state index contributed by atoms with van der Waals surface area (Å²) in [5.74, 6) is 0. The van der Waals surface area contributed by atoms with Gasteiger partial charge in [0.2, 0.25) is 10.0 Å². The maximum Gasteiger partial charge on any atom is 0.240 e. The first-order chi connectivity index (χ1) is 11.0. The topological polar surface area (TPSA) is 78.4 Å². The van der Waals surface area contributed by atoms with Gasteiger partial charge in [0.25, 0.3) is 0 Å². The highest BCUT2D eigenvalue weighted by Gasteiger charge is 2.60. The second-order valence-corrected chi connectivity index (χ2v) is 8.30. The molecular formula is C17H20N2O3S. The maximum absolute atomic E-state index is 12.7. The highest BCUT2D eigenvalue weighted by molar-refractivity contribution is 7.89. The second-order valence-electron chi connectivity index (χ2n) is 6.59. The Morgan fingerprint density at radius 3 is 2.74 bits per heavy atom. The Morgan fingerprint density at radius 2 is 1.96 bits per heavy atom. The summed E-state index contributed by atoms with van der Waals surface area (Å²) in [6.45, 7) is 1.36. The number of hydrogen-bond donors (Lipinski definition) is 3. The van der Waals surface area contributed by atoms with Gasteiger partial charge in [-0.3, -0.25) is 0 Å². The predicted molar refractivity (Wildman–Crippen MR) is 88.6 cm³/mol. The molecule has 2 unspecified atom stereocenters. The van der Waals surface area contributed by atoms with Crippen LogP contribution in [0.5, 0.6) is 0 Å². The number of aliphatic hydroxyl groups excluding tert-OH is 1. The van der Waals surface area contributed by atoms with Crippen molar-refractivity contribution in [1.82, 2.24) is 10.0 Å². The Hall–Kier alpha value is -1.47. The van der Waals surface area contributed by atoms with Gasteiger partial charge in [-0.1, -0.05) is 30.3 Å². The molecule has 5 nitrogen and oxygen atoms in total. The maximum atomic E-state index is 12.7. The molecule has 1 aliphatic heterocycles. The number of piperidine rings is 1. The third kappa shape index (κ3) is 2.55. The highest BCUT2D eigenvalue weighted by atomic mass is 32.2. The minimum absolute atomic E-state index is 0.170. The number of sulfonamides is 1. The Balaban J connectivity index is 1.58. The fourth-order valence-electron chi connectivity index (χ4n) is 3.64. The van der Waals surface area contributed by atoms with E-state index in [1.54, 1.807) is 12.1 Å². The van der Waals surface area contributed by atoms with E-state index in [1.807, 2.05) is 30.3 Å². The van der Waals surface area contributed by atoms with Gasteiger partial charge in [0, 0.05) is 18.0 Å². The van der Waals surface area contributed by atoms with E-state index in [2.05, 4.69) is 10.0 Å². The fraction of sp³-hybridized carbons (Fsp3) is 0.412. The van der Waals surface area contributed by atoms with Crippen molar-refractivity contribution in [2.24, 2.45) is 5.41 Å². The molecule has 2 aromatic rings. The molecule has 0 bridgehead atoms. The summed E-state index contributed by atoms with van der Waals surface area (Å²) < 4.78 is 28.1. The molecule has 1 saturated carbocycles. The van der Waals surface area contributed by atoms with Crippen LogP contribution in [0.2, 0.25) is 0 Å². The molecule has 1 heterocycles. The van der Waals surface area contributed by atoms with Crippen molar-refractivity contribution >= 4 is 20.8 Å². The van der Waals surface area contributed by atoms with Gasteiger partial charge in [0.1, 0.15) is 0 Å². The number of benzene rings is 2. The molecule has 2 aliphatic rings. The molecule has 3 atom stereocenters. The van der Waals surface area contributed by atoms with Crippen LogP contribution in [0.3, 0.4) is 0 Å². The van der Waals surface area contributed by atoms with Crippen LogP contribution in [0, 0.1) is 5.41 Å². The third-order valence-electron chi connectivity index (χ3n) is 5.22. The number of hydrogen-bond acceptors (Lipinski definition) is 4. The summed E-state index contributed by atoms with van der Waals surface area (Å²) in [7, 11) is -3.57. The van der Waals surface area contributed by atoms with Crippen LogP contribution in [0.25, 0.3) is 10.8 Å². The minimum atomic E-state index is -3.57. The normalized spacial score (nSPS) is 30.7. The van der Waals surface area contributed by atoms with Crippen LogP contribution >= 0.6 is 0 Å². The Bertz CT molecular complexity index is 852. The minimum Gasteiger partial charge on any atom is -0.391 e. The van der Waals surface area contributed by atoms with E-state index in [4.69, 9.17) is 0 Å². The van der Waals surface area contributed by atoms with E-state index < -0.39 is 16.1 Å². The lowest BCUT2D eigenvalue weighted by molar-refractivity contribution is 0.0622. The molecule has 1 spiro atoms. The summed E-state index contributed by atoms with van der Waals surface area (Å²) >= 11 is 0. The first kappa shape index (κ1) is 15.1. The van der Waals surface area contributed by atoms with Crippen molar-refractivity contribution < 1.29 is 13.5 Å². The molecule has 6 heteroatoms. The lowest BCUT2D eigenvalue weighted by atomic mass is 9.91. The third-order valence-corrected chi connectivity index (χ3v) is 6.68. The monoisotopic (exact) mass is 332 g/mol. The van der Waals surface area contributed by atoms with Crippen LogP contribution in [-0.4, -0.2) is 38.8 Å². The van der Waals surface area contributed by atoms with E-state index in [1.165, 1.54) is 0 Å². The molecule has 0 amide bonds. The van der Waals surface area contributed by atoms with E-state index in [0.717, 1.165) is 23.7 Å². The molecule has 23 heavy (non-hydrogen) atoms. The lowest BCUT2D eigenvalue weighted by Gasteiger charge is -2.29. The Kier molecular flexibility index (Phi) is 3.46. The SMILES string of the molecule is O=S(=O)(NC1CC12CCNC[C@H]2O)c1ccc2ccccc2c1. The molecule has 4 rings (SSSR count). The zero-order valence-corrected chi connectivity index (χ0v) is 13.5. The number of rotatable bonds is 3. The first-order valence-corrected chi connectivity index (χ1v) is 9.40. The van der Waals surface area contributed by atoms with Gasteiger partial charge >= 0.3 is 0 Å². The van der Waals surface area contributed by atoms with Gasteiger partial charge in [-0.2, -0.15) is 0 Å². The van der Waals surface area contributed by atoms with E-state index in [0.29, 0.717) is 13.0 Å². The second kappa shape index (κ2) is 5.27. The van der Waals surface area contributed by atoms with E-state index in [9.17, 15) is 13.5 Å². The quantitative estimate of drug-likeness (QED) is 0.790. The molecule has 122 valence electrons. The smallest absolute Gasteiger partial charge is 0.240 e. The molecule has 0 radical (unpaired) electrons. The number of nitrogens with one attached hydrogen (secondary N) is 2. The van der Waals surface area contributed by atoms with Crippen molar-refractivity contribution in [3.05, 3.63) is 42.5 Å². The molecule has 1 saturated heterocycles. The first-order valence-electron chi connectivity index (χ1n) is 7.91. The van der Waals surface area contributed by atoms with Crippen LogP contribution in [0.4, 0.5) is 0 Å². The Labute approximate surface area is 135 Å². The zero-order chi connectivity index (χ0) is 16.1. The van der Waals surface area contributed by atoms with Gasteiger partial charge in [0.15, 0.2) is 0 Å². The van der Waals surface area contributed by atoms with Crippen molar-refractivity contribution in [3.8, 4) is 0 Å². The number of fused-ring (bicyclic) bond motifs is 1. The number of aliphatic hydroxyl groups is 1. The van der Waals surface area contributed by atoms with Crippen molar-refractivity contribution in [1.29, 1.82) is 0 Å². The van der Waals surface area contributed by atoms with Crippen LogP contribution < -0.4 is 10.0 Å². The molecule has 2 fully saturated rings. The highest BCUT2D eigenvalue weighted by Crippen LogP contribution is 2.53. The average molecular weight is 332 g/mol. The summed E-state index contributed by atoms with van der Waals surface area (Å²) in [6, 6.07) is 12.7. The summed E-state index contributed by atoms with van der Waals surface area (Å²) in [5.41, 5.74) is -0.283. The standard InChI is InChI=1S/C17H20N2O3S/c20-16-11-18-8-7-17(16)10-15(17)19-23(21,22)14-6-5-12-3-1-2-4-13(12)9-14/h1-6,9,15-16,18-20H,7-8,10-11H2/t15?,16-,17?/m1/s1. The summed E-state index contributed by atoms with van der Waals surface area (Å²) in [6.07, 6.45) is 1.03. The Morgan fingerprint density at radius 1 is 1.17 bits per heavy atom. The van der Waals surface area contributed by atoms with Gasteiger partial charge < -0.3 is 10.4 Å². The van der Waals surface area contributed by atoms with Gasteiger partial charge in [-0.15, -0.1) is 0 Å². The largest absolute Gasteiger partial charge is 0.391 e. The summed E-state index contributed by atoms with van der Waals surface area (Å²) in [4.78, 5) is 0.279. The molecular weight excluding hydrogens is 312 g/mol. The van der Waals surface area contributed by atoms with Crippen molar-refractivity contribution in [2.45, 2.75) is 29.9 Å². The fourth-order valence-corrected chi connectivity index (χ4v) is 5.00. The average Bonchev–Trinajstić information content (AvgIpc) is 3.22. The van der Waals surface area contributed by atoms with Crippen molar-refractivity contribution in [3.63, 3.8) is 0 Å². The summed E-state index contributed by atoms with van der Waals surface area (Å²) in [5, 5.41) is 15.2. The zero-order valence-electron chi connectivity index (χ0n) is 12.7. The van der Waals surface area contributed by atoms with Crippen LogP contribution in [0.1, 0.15) is 12.8 Å². The van der Waals surface area contributed by atoms with Gasteiger partial charge in [-0.25, -0.2) is 13.1 Å². The molecule has 1 aliphatic carbocycles. The van der Waals surface area contributed by atoms with E-state index in [-0.39, 0.29) is 16.4 Å².